The largest absolute Gasteiger partial charge is 0.392 e. The average molecular weight is 348 g/mol. The predicted octanol–water partition coefficient (Wildman–Crippen LogP) is 3.10. The smallest absolute Gasteiger partial charge is 0.329 e. The molecule has 0 aromatic heterocycles. The summed E-state index contributed by atoms with van der Waals surface area (Å²) < 4.78 is 0. The van der Waals surface area contributed by atoms with E-state index in [0.717, 1.165) is 25.0 Å². The standard InChI is InChI=1S/C17H18ClN3O3/c1-2-3-11-8-14(24-20-11)13-9-17(13)15(22)21(16(23)19-17)12-6-4-10(18)5-7-12/h4-7,13-14H,2-3,8-9H2,1H3,(H,19,23)/t13-,14-,17+/m0/s1. The molecule has 2 fully saturated rings. The van der Waals surface area contributed by atoms with Gasteiger partial charge in [-0.25, -0.2) is 9.69 Å². The zero-order valence-corrected chi connectivity index (χ0v) is 14.0. The molecule has 1 saturated heterocycles. The maximum Gasteiger partial charge on any atom is 0.329 e. The van der Waals surface area contributed by atoms with Gasteiger partial charge in [0.15, 0.2) is 0 Å². The van der Waals surface area contributed by atoms with Crippen LogP contribution in [0.4, 0.5) is 10.5 Å². The highest BCUT2D eigenvalue weighted by Crippen LogP contribution is 2.52. The number of halogens is 1. The molecule has 24 heavy (non-hydrogen) atoms. The van der Waals surface area contributed by atoms with Gasteiger partial charge < -0.3 is 10.2 Å². The zero-order valence-electron chi connectivity index (χ0n) is 13.3. The van der Waals surface area contributed by atoms with E-state index in [1.807, 2.05) is 0 Å². The first kappa shape index (κ1) is 15.4. The summed E-state index contributed by atoms with van der Waals surface area (Å²) in [7, 11) is 0. The fourth-order valence-electron chi connectivity index (χ4n) is 3.64. The molecule has 1 aromatic rings. The monoisotopic (exact) mass is 347 g/mol. The summed E-state index contributed by atoms with van der Waals surface area (Å²) in [6, 6.07) is 6.28. The predicted molar refractivity (Wildman–Crippen MR) is 90.1 cm³/mol. The highest BCUT2D eigenvalue weighted by molar-refractivity contribution is 6.31. The Kier molecular flexibility index (Phi) is 3.53. The van der Waals surface area contributed by atoms with Crippen molar-refractivity contribution in [2.24, 2.45) is 11.1 Å². The van der Waals surface area contributed by atoms with Gasteiger partial charge in [0.1, 0.15) is 11.6 Å². The van der Waals surface area contributed by atoms with E-state index >= 15 is 0 Å². The number of oxime groups is 1. The van der Waals surface area contributed by atoms with Gasteiger partial charge in [0, 0.05) is 17.4 Å². The van der Waals surface area contributed by atoms with Crippen LogP contribution in [0, 0.1) is 5.92 Å². The molecule has 2 aliphatic heterocycles. The molecule has 126 valence electrons. The van der Waals surface area contributed by atoms with E-state index in [1.165, 1.54) is 4.90 Å². The van der Waals surface area contributed by atoms with Crippen molar-refractivity contribution in [2.45, 2.75) is 44.2 Å². The normalized spacial score (nSPS) is 31.2. The summed E-state index contributed by atoms with van der Waals surface area (Å²) in [6.45, 7) is 2.10. The van der Waals surface area contributed by atoms with Crippen LogP contribution in [0.1, 0.15) is 32.6 Å². The molecule has 1 N–H and O–H groups in total. The molecule has 0 radical (unpaired) electrons. The summed E-state index contributed by atoms with van der Waals surface area (Å²) in [6.07, 6.45) is 3.14. The Morgan fingerprint density at radius 3 is 2.83 bits per heavy atom. The van der Waals surface area contributed by atoms with Crippen LogP contribution >= 0.6 is 11.6 Å². The van der Waals surface area contributed by atoms with E-state index in [0.29, 0.717) is 17.1 Å². The van der Waals surface area contributed by atoms with Crippen LogP contribution in [0.5, 0.6) is 0 Å². The van der Waals surface area contributed by atoms with Crippen LogP contribution in [-0.2, 0) is 9.63 Å². The Labute approximate surface area is 144 Å². The van der Waals surface area contributed by atoms with Crippen LogP contribution in [-0.4, -0.2) is 29.3 Å². The number of rotatable bonds is 4. The molecule has 1 aliphatic carbocycles. The Morgan fingerprint density at radius 1 is 1.38 bits per heavy atom. The number of hydrogen-bond donors (Lipinski definition) is 1. The van der Waals surface area contributed by atoms with E-state index in [-0.39, 0.29) is 17.9 Å². The maximum absolute atomic E-state index is 12.9. The van der Waals surface area contributed by atoms with Crippen molar-refractivity contribution in [3.05, 3.63) is 29.3 Å². The molecule has 3 atom stereocenters. The number of urea groups is 1. The fourth-order valence-corrected chi connectivity index (χ4v) is 3.77. The summed E-state index contributed by atoms with van der Waals surface area (Å²) in [5.74, 6) is -0.239. The molecule has 0 bridgehead atoms. The van der Waals surface area contributed by atoms with Crippen LogP contribution in [0.3, 0.4) is 0 Å². The quantitative estimate of drug-likeness (QED) is 0.851. The van der Waals surface area contributed by atoms with E-state index in [1.54, 1.807) is 24.3 Å². The summed E-state index contributed by atoms with van der Waals surface area (Å²) in [4.78, 5) is 31.9. The number of anilines is 1. The number of benzene rings is 1. The summed E-state index contributed by atoms with van der Waals surface area (Å²) in [5, 5.41) is 7.54. The van der Waals surface area contributed by atoms with Crippen molar-refractivity contribution >= 4 is 34.9 Å². The van der Waals surface area contributed by atoms with Crippen molar-refractivity contribution in [3.63, 3.8) is 0 Å². The van der Waals surface area contributed by atoms with Gasteiger partial charge in [-0.2, -0.15) is 0 Å². The van der Waals surface area contributed by atoms with Crippen molar-refractivity contribution in [2.75, 3.05) is 4.90 Å². The Hall–Kier alpha value is -2.08. The third kappa shape index (κ3) is 2.28. The van der Waals surface area contributed by atoms with Crippen molar-refractivity contribution in [3.8, 4) is 0 Å². The number of nitrogens with one attached hydrogen (secondary N) is 1. The second kappa shape index (κ2) is 5.48. The van der Waals surface area contributed by atoms with Gasteiger partial charge in [0.25, 0.3) is 5.91 Å². The summed E-state index contributed by atoms with van der Waals surface area (Å²) >= 11 is 5.87. The number of carbonyl (C=O) groups is 2. The first-order valence-electron chi connectivity index (χ1n) is 8.19. The van der Waals surface area contributed by atoms with Crippen molar-refractivity contribution in [1.29, 1.82) is 0 Å². The van der Waals surface area contributed by atoms with Gasteiger partial charge in [-0.15, -0.1) is 0 Å². The molecule has 2 heterocycles. The molecule has 3 aliphatic rings. The van der Waals surface area contributed by atoms with Crippen LogP contribution in [0.25, 0.3) is 0 Å². The van der Waals surface area contributed by atoms with Gasteiger partial charge in [0.2, 0.25) is 0 Å². The highest BCUT2D eigenvalue weighted by Gasteiger charge is 2.70. The van der Waals surface area contributed by atoms with E-state index in [4.69, 9.17) is 16.4 Å². The second-order valence-electron chi connectivity index (χ2n) is 6.58. The van der Waals surface area contributed by atoms with Crippen molar-refractivity contribution in [1.82, 2.24) is 5.32 Å². The minimum absolute atomic E-state index is 0.0237. The highest BCUT2D eigenvalue weighted by atomic mass is 35.5. The molecular formula is C17H18ClN3O3. The first-order chi connectivity index (χ1) is 11.5. The van der Waals surface area contributed by atoms with Gasteiger partial charge >= 0.3 is 6.03 Å². The minimum atomic E-state index is -0.835. The van der Waals surface area contributed by atoms with Crippen molar-refractivity contribution < 1.29 is 14.4 Å². The average Bonchev–Trinajstić information content (AvgIpc) is 2.98. The fraction of sp³-hybridized carbons (Fsp3) is 0.471. The molecule has 1 aromatic carbocycles. The number of nitrogens with zero attached hydrogens (tertiary/aromatic N) is 2. The van der Waals surface area contributed by atoms with Crippen LogP contribution < -0.4 is 10.2 Å². The zero-order chi connectivity index (χ0) is 16.9. The third-order valence-corrected chi connectivity index (χ3v) is 5.21. The van der Waals surface area contributed by atoms with Crippen LogP contribution in [0.15, 0.2) is 29.4 Å². The van der Waals surface area contributed by atoms with Crippen LogP contribution in [0.2, 0.25) is 5.02 Å². The molecule has 4 rings (SSSR count). The lowest BCUT2D eigenvalue weighted by atomic mass is 10.0. The van der Waals surface area contributed by atoms with Gasteiger partial charge in [-0.3, -0.25) is 4.79 Å². The topological polar surface area (TPSA) is 71.0 Å². The second-order valence-corrected chi connectivity index (χ2v) is 7.02. The summed E-state index contributed by atoms with van der Waals surface area (Å²) in [5.41, 5.74) is 0.731. The van der Waals surface area contributed by atoms with Gasteiger partial charge in [-0.05, 0) is 37.1 Å². The number of imide groups is 1. The molecule has 1 saturated carbocycles. The lowest BCUT2D eigenvalue weighted by molar-refractivity contribution is -0.120. The molecule has 7 heteroatoms. The first-order valence-corrected chi connectivity index (χ1v) is 8.57. The lowest BCUT2D eigenvalue weighted by Crippen LogP contribution is -2.37. The van der Waals surface area contributed by atoms with E-state index in [9.17, 15) is 9.59 Å². The molecule has 3 amide bonds. The maximum atomic E-state index is 12.9. The number of amides is 3. The molecular weight excluding hydrogens is 330 g/mol. The molecule has 0 unspecified atom stereocenters. The Morgan fingerprint density at radius 2 is 2.12 bits per heavy atom. The lowest BCUT2D eigenvalue weighted by Gasteiger charge is -2.14. The number of hydrogen-bond acceptors (Lipinski definition) is 4. The Balaban J connectivity index is 1.50. The van der Waals surface area contributed by atoms with E-state index < -0.39 is 11.6 Å². The van der Waals surface area contributed by atoms with E-state index in [2.05, 4.69) is 17.4 Å². The molecule has 1 spiro atoms. The number of carbonyl (C=O) groups excluding carboxylic acids is 2. The SMILES string of the molecule is CCCC1=NO[C@H]([C@@H]2C[C@@]23NC(=O)N(c2ccc(Cl)cc2)C3=O)C1. The van der Waals surface area contributed by atoms with Gasteiger partial charge in [0.05, 0.1) is 11.4 Å². The Bertz CT molecular complexity index is 733. The minimum Gasteiger partial charge on any atom is -0.392 e. The third-order valence-electron chi connectivity index (χ3n) is 4.96. The molecule has 6 nitrogen and oxygen atoms in total. The van der Waals surface area contributed by atoms with Gasteiger partial charge in [-0.1, -0.05) is 30.1 Å².